The highest BCUT2D eigenvalue weighted by Gasteiger charge is 2.21. The van der Waals surface area contributed by atoms with Crippen molar-refractivity contribution in [1.82, 2.24) is 0 Å². The molecule has 0 unspecified atom stereocenters. The van der Waals surface area contributed by atoms with Crippen LogP contribution in [0.15, 0.2) is 12.1 Å². The average molecular weight is 308 g/mol. The molecular weight excluding hydrogens is 282 g/mol. The lowest BCUT2D eigenvalue weighted by atomic mass is 9.97. The van der Waals surface area contributed by atoms with E-state index in [1.54, 1.807) is 12.1 Å². The fourth-order valence-electron chi connectivity index (χ4n) is 4.00. The van der Waals surface area contributed by atoms with Gasteiger partial charge in [0.2, 0.25) is 5.82 Å². The van der Waals surface area contributed by atoms with Crippen LogP contribution in [0.1, 0.15) is 63.4 Å². The van der Waals surface area contributed by atoms with Gasteiger partial charge in [0.05, 0.1) is 6.61 Å². The Morgan fingerprint density at radius 3 is 2.18 bits per heavy atom. The van der Waals surface area contributed by atoms with Gasteiger partial charge in [0, 0.05) is 0 Å². The maximum atomic E-state index is 14.2. The van der Waals surface area contributed by atoms with Gasteiger partial charge >= 0.3 is 0 Å². The Morgan fingerprint density at radius 2 is 1.50 bits per heavy atom. The summed E-state index contributed by atoms with van der Waals surface area (Å²) < 4.78 is 33.8. The quantitative estimate of drug-likeness (QED) is 0.659. The van der Waals surface area contributed by atoms with Crippen molar-refractivity contribution in [2.75, 3.05) is 6.61 Å². The largest absolute Gasteiger partial charge is 0.490 e. The summed E-state index contributed by atoms with van der Waals surface area (Å²) in [6, 6.07) is 3.32. The van der Waals surface area contributed by atoms with Crippen LogP contribution < -0.4 is 4.74 Å². The molecule has 0 bridgehead atoms. The standard InChI is InChI=1S/C19H26F2O/c20-18-16(13-15-7-3-4-8-15)9-10-17(19(18)21)22-12-11-14-5-1-2-6-14/h9-10,14-15H,1-8,11-13H2. The molecule has 2 fully saturated rings. The number of rotatable bonds is 6. The van der Waals surface area contributed by atoms with Crippen molar-refractivity contribution in [3.05, 3.63) is 29.3 Å². The van der Waals surface area contributed by atoms with Gasteiger partial charge in [-0.3, -0.25) is 0 Å². The number of halogens is 2. The molecule has 2 aliphatic carbocycles. The molecule has 0 spiro atoms. The van der Waals surface area contributed by atoms with Crippen molar-refractivity contribution in [2.24, 2.45) is 11.8 Å². The minimum absolute atomic E-state index is 0.0747. The second-order valence-electron chi connectivity index (χ2n) is 6.99. The van der Waals surface area contributed by atoms with E-state index in [4.69, 9.17) is 4.74 Å². The molecule has 0 aliphatic heterocycles. The molecule has 1 nitrogen and oxygen atoms in total. The van der Waals surface area contributed by atoms with E-state index < -0.39 is 11.6 Å². The van der Waals surface area contributed by atoms with E-state index in [0.717, 1.165) is 19.3 Å². The molecule has 3 rings (SSSR count). The van der Waals surface area contributed by atoms with Crippen molar-refractivity contribution < 1.29 is 13.5 Å². The predicted octanol–water partition coefficient (Wildman–Crippen LogP) is 5.66. The van der Waals surface area contributed by atoms with Crippen LogP contribution in [0.3, 0.4) is 0 Å². The molecule has 22 heavy (non-hydrogen) atoms. The summed E-state index contributed by atoms with van der Waals surface area (Å²) >= 11 is 0. The molecule has 0 amide bonds. The summed E-state index contributed by atoms with van der Waals surface area (Å²) in [5, 5.41) is 0. The van der Waals surface area contributed by atoms with E-state index in [1.807, 2.05) is 0 Å². The van der Waals surface area contributed by atoms with E-state index in [-0.39, 0.29) is 5.75 Å². The van der Waals surface area contributed by atoms with Crippen LogP contribution in [0, 0.1) is 23.5 Å². The molecule has 3 heteroatoms. The molecule has 0 radical (unpaired) electrons. The highest BCUT2D eigenvalue weighted by molar-refractivity contribution is 5.31. The van der Waals surface area contributed by atoms with Crippen LogP contribution in [0.25, 0.3) is 0 Å². The highest BCUT2D eigenvalue weighted by Crippen LogP contribution is 2.32. The van der Waals surface area contributed by atoms with Gasteiger partial charge in [-0.1, -0.05) is 57.4 Å². The van der Waals surface area contributed by atoms with Crippen LogP contribution in [-0.4, -0.2) is 6.61 Å². The van der Waals surface area contributed by atoms with Crippen molar-refractivity contribution in [1.29, 1.82) is 0 Å². The van der Waals surface area contributed by atoms with Crippen LogP contribution in [0.5, 0.6) is 5.75 Å². The maximum absolute atomic E-state index is 14.2. The van der Waals surface area contributed by atoms with Gasteiger partial charge in [-0.15, -0.1) is 0 Å². The van der Waals surface area contributed by atoms with Crippen LogP contribution in [-0.2, 0) is 6.42 Å². The van der Waals surface area contributed by atoms with E-state index in [2.05, 4.69) is 0 Å². The van der Waals surface area contributed by atoms with Gasteiger partial charge in [-0.05, 0) is 36.3 Å². The Bertz CT molecular complexity index is 488. The lowest BCUT2D eigenvalue weighted by molar-refractivity contribution is 0.263. The molecule has 0 aromatic heterocycles. The van der Waals surface area contributed by atoms with E-state index in [1.165, 1.54) is 38.5 Å². The zero-order valence-electron chi connectivity index (χ0n) is 13.3. The van der Waals surface area contributed by atoms with Crippen LogP contribution >= 0.6 is 0 Å². The molecule has 1 aromatic carbocycles. The third-order valence-corrected chi connectivity index (χ3v) is 5.37. The summed E-state index contributed by atoms with van der Waals surface area (Å²) in [5.74, 6) is -0.213. The smallest absolute Gasteiger partial charge is 0.200 e. The number of hydrogen-bond donors (Lipinski definition) is 0. The molecule has 0 saturated heterocycles. The Balaban J connectivity index is 1.56. The number of hydrogen-bond acceptors (Lipinski definition) is 1. The van der Waals surface area contributed by atoms with Crippen LogP contribution in [0.4, 0.5) is 8.78 Å². The summed E-state index contributed by atoms with van der Waals surface area (Å²) in [6.07, 6.45) is 11.4. The van der Waals surface area contributed by atoms with E-state index >= 15 is 0 Å². The molecular formula is C19H26F2O. The number of benzene rings is 1. The van der Waals surface area contributed by atoms with Crippen LogP contribution in [0.2, 0.25) is 0 Å². The molecule has 0 heterocycles. The number of ether oxygens (including phenoxy) is 1. The van der Waals surface area contributed by atoms with E-state index in [9.17, 15) is 8.78 Å². The molecule has 122 valence electrons. The first-order valence-electron chi connectivity index (χ1n) is 8.83. The summed E-state index contributed by atoms with van der Waals surface area (Å²) in [7, 11) is 0. The van der Waals surface area contributed by atoms with Gasteiger partial charge in [0.1, 0.15) is 0 Å². The zero-order valence-corrected chi connectivity index (χ0v) is 13.3. The maximum Gasteiger partial charge on any atom is 0.200 e. The summed E-state index contributed by atoms with van der Waals surface area (Å²) in [4.78, 5) is 0. The minimum atomic E-state index is -0.804. The average Bonchev–Trinajstić information content (AvgIpc) is 3.20. The first kappa shape index (κ1) is 15.8. The molecule has 2 saturated carbocycles. The lowest BCUT2D eigenvalue weighted by Gasteiger charge is -2.14. The second kappa shape index (κ2) is 7.43. The molecule has 0 atom stereocenters. The topological polar surface area (TPSA) is 9.23 Å². The fourth-order valence-corrected chi connectivity index (χ4v) is 4.00. The van der Waals surface area contributed by atoms with Gasteiger partial charge in [0.15, 0.2) is 11.6 Å². The van der Waals surface area contributed by atoms with Crippen molar-refractivity contribution in [3.8, 4) is 5.75 Å². The minimum Gasteiger partial charge on any atom is -0.490 e. The van der Waals surface area contributed by atoms with Gasteiger partial charge in [0.25, 0.3) is 0 Å². The van der Waals surface area contributed by atoms with Gasteiger partial charge in [-0.25, -0.2) is 4.39 Å². The van der Waals surface area contributed by atoms with Crippen molar-refractivity contribution in [3.63, 3.8) is 0 Å². The summed E-state index contributed by atoms with van der Waals surface area (Å²) in [5.41, 5.74) is 0.507. The third kappa shape index (κ3) is 3.80. The molecule has 0 N–H and O–H groups in total. The van der Waals surface area contributed by atoms with Gasteiger partial charge in [-0.2, -0.15) is 4.39 Å². The lowest BCUT2D eigenvalue weighted by Crippen LogP contribution is -2.07. The normalized spacial score (nSPS) is 19.9. The van der Waals surface area contributed by atoms with Gasteiger partial charge < -0.3 is 4.74 Å². The second-order valence-corrected chi connectivity index (χ2v) is 6.99. The Labute approximate surface area is 132 Å². The first-order chi connectivity index (χ1) is 10.7. The predicted molar refractivity (Wildman–Crippen MR) is 84.1 cm³/mol. The first-order valence-corrected chi connectivity index (χ1v) is 8.83. The zero-order chi connectivity index (χ0) is 15.4. The Hall–Kier alpha value is -1.12. The Morgan fingerprint density at radius 1 is 0.864 bits per heavy atom. The highest BCUT2D eigenvalue weighted by atomic mass is 19.2. The monoisotopic (exact) mass is 308 g/mol. The van der Waals surface area contributed by atoms with Crippen molar-refractivity contribution >= 4 is 0 Å². The Kier molecular flexibility index (Phi) is 5.32. The van der Waals surface area contributed by atoms with Crippen molar-refractivity contribution in [2.45, 2.75) is 64.2 Å². The van der Waals surface area contributed by atoms with E-state index in [0.29, 0.717) is 30.4 Å². The third-order valence-electron chi connectivity index (χ3n) is 5.37. The molecule has 1 aromatic rings. The fraction of sp³-hybridized carbons (Fsp3) is 0.684. The summed E-state index contributed by atoms with van der Waals surface area (Å²) in [6.45, 7) is 0.489. The SMILES string of the molecule is Fc1c(CC2CCCC2)ccc(OCCC2CCCC2)c1F. The molecule has 2 aliphatic rings.